The highest BCUT2D eigenvalue weighted by atomic mass is 16.6. The molecular formula is C19H25NO3. The van der Waals surface area contributed by atoms with Crippen molar-refractivity contribution in [3.63, 3.8) is 0 Å². The molecule has 0 saturated heterocycles. The van der Waals surface area contributed by atoms with Gasteiger partial charge in [0.15, 0.2) is 0 Å². The Morgan fingerprint density at radius 1 is 1.17 bits per heavy atom. The van der Waals surface area contributed by atoms with Crippen molar-refractivity contribution in [2.24, 2.45) is 0 Å². The molecule has 1 saturated carbocycles. The summed E-state index contributed by atoms with van der Waals surface area (Å²) in [7, 11) is 0. The first-order valence-electron chi connectivity index (χ1n) is 8.36. The van der Waals surface area contributed by atoms with Crippen LogP contribution in [0.25, 0.3) is 10.9 Å². The number of benzene rings is 1. The number of hydrogen-bond acceptors (Lipinski definition) is 3. The molecule has 23 heavy (non-hydrogen) atoms. The number of hydrogen-bond donors (Lipinski definition) is 1. The zero-order chi connectivity index (χ0) is 16.7. The van der Waals surface area contributed by atoms with Crippen LogP contribution < -0.4 is 0 Å². The van der Waals surface area contributed by atoms with Crippen LogP contribution in [0.15, 0.2) is 30.5 Å². The maximum Gasteiger partial charge on any atom is 0.419 e. The van der Waals surface area contributed by atoms with Crippen LogP contribution in [0.2, 0.25) is 0 Å². The van der Waals surface area contributed by atoms with Crippen LogP contribution in [-0.4, -0.2) is 21.4 Å². The minimum Gasteiger partial charge on any atom is -0.443 e. The van der Waals surface area contributed by atoms with Gasteiger partial charge in [0.2, 0.25) is 0 Å². The Kier molecular flexibility index (Phi) is 3.96. The number of carbonyl (C=O) groups excluding carboxylic acids is 1. The monoisotopic (exact) mass is 315 g/mol. The molecule has 1 N–H and O–H groups in total. The highest BCUT2D eigenvalue weighted by Crippen LogP contribution is 2.41. The number of aliphatic hydroxyl groups is 1. The predicted molar refractivity (Wildman–Crippen MR) is 90.6 cm³/mol. The summed E-state index contributed by atoms with van der Waals surface area (Å²) in [6.45, 7) is 5.56. The Morgan fingerprint density at radius 3 is 2.48 bits per heavy atom. The first kappa shape index (κ1) is 16.1. The van der Waals surface area contributed by atoms with Crippen molar-refractivity contribution < 1.29 is 14.6 Å². The van der Waals surface area contributed by atoms with Gasteiger partial charge in [-0.2, -0.15) is 0 Å². The molecule has 0 radical (unpaired) electrons. The van der Waals surface area contributed by atoms with Gasteiger partial charge in [-0.05, 0) is 39.7 Å². The van der Waals surface area contributed by atoms with E-state index in [4.69, 9.17) is 4.74 Å². The molecule has 0 bridgehead atoms. The Hall–Kier alpha value is -1.81. The van der Waals surface area contributed by atoms with Gasteiger partial charge in [0.25, 0.3) is 0 Å². The molecule has 1 aromatic heterocycles. The van der Waals surface area contributed by atoms with E-state index < -0.39 is 17.3 Å². The molecule has 0 atom stereocenters. The minimum absolute atomic E-state index is 0.403. The predicted octanol–water partition coefficient (Wildman–Crippen LogP) is 4.58. The van der Waals surface area contributed by atoms with Crippen LogP contribution in [0.4, 0.5) is 4.79 Å². The molecule has 0 aliphatic heterocycles. The van der Waals surface area contributed by atoms with Crippen molar-refractivity contribution in [1.29, 1.82) is 0 Å². The van der Waals surface area contributed by atoms with Crippen molar-refractivity contribution in [2.75, 3.05) is 0 Å². The van der Waals surface area contributed by atoms with Gasteiger partial charge in [-0.25, -0.2) is 4.79 Å². The molecule has 0 spiro atoms. The standard InChI is InChI=1S/C19H25NO3/c1-18(2,3)23-17(21)20-13-15(14-9-5-6-10-16(14)20)19(22)11-7-4-8-12-19/h5-6,9-10,13,22H,4,7-8,11-12H2,1-3H3. The van der Waals surface area contributed by atoms with Gasteiger partial charge in [-0.15, -0.1) is 0 Å². The highest BCUT2D eigenvalue weighted by molar-refractivity contribution is 5.92. The lowest BCUT2D eigenvalue weighted by Crippen LogP contribution is -2.29. The van der Waals surface area contributed by atoms with Crippen LogP contribution >= 0.6 is 0 Å². The van der Waals surface area contributed by atoms with Crippen molar-refractivity contribution >= 4 is 17.0 Å². The average molecular weight is 315 g/mol. The summed E-state index contributed by atoms with van der Waals surface area (Å²) in [5.74, 6) is 0. The smallest absolute Gasteiger partial charge is 0.419 e. The van der Waals surface area contributed by atoms with E-state index in [0.29, 0.717) is 0 Å². The van der Waals surface area contributed by atoms with Crippen molar-refractivity contribution in [3.05, 3.63) is 36.0 Å². The zero-order valence-electron chi connectivity index (χ0n) is 14.1. The average Bonchev–Trinajstić information content (AvgIpc) is 2.87. The van der Waals surface area contributed by atoms with E-state index in [1.165, 1.54) is 4.57 Å². The molecule has 1 aliphatic carbocycles. The van der Waals surface area contributed by atoms with Crippen LogP contribution in [0, 0.1) is 0 Å². The summed E-state index contributed by atoms with van der Waals surface area (Å²) in [5.41, 5.74) is 0.240. The highest BCUT2D eigenvalue weighted by Gasteiger charge is 2.35. The van der Waals surface area contributed by atoms with Crippen LogP contribution in [0.3, 0.4) is 0 Å². The number of fused-ring (bicyclic) bond motifs is 1. The van der Waals surface area contributed by atoms with Gasteiger partial charge in [0, 0.05) is 17.1 Å². The van der Waals surface area contributed by atoms with E-state index in [2.05, 4.69) is 0 Å². The molecule has 0 unspecified atom stereocenters. The van der Waals surface area contributed by atoms with Crippen LogP contribution in [0.5, 0.6) is 0 Å². The molecular weight excluding hydrogens is 290 g/mol. The van der Waals surface area contributed by atoms with E-state index in [1.807, 2.05) is 45.0 Å². The van der Waals surface area contributed by atoms with Crippen molar-refractivity contribution in [3.8, 4) is 0 Å². The third-order valence-electron chi connectivity index (χ3n) is 4.48. The van der Waals surface area contributed by atoms with Gasteiger partial charge in [0.05, 0.1) is 11.1 Å². The topological polar surface area (TPSA) is 51.5 Å². The molecule has 2 aromatic rings. The summed E-state index contributed by atoms with van der Waals surface area (Å²) < 4.78 is 7.04. The number of nitrogens with zero attached hydrogens (tertiary/aromatic N) is 1. The number of carbonyl (C=O) groups is 1. The number of para-hydroxylation sites is 1. The Morgan fingerprint density at radius 2 is 1.83 bits per heavy atom. The van der Waals surface area contributed by atoms with Crippen molar-refractivity contribution in [1.82, 2.24) is 4.57 Å². The Labute approximate surface area is 137 Å². The van der Waals surface area contributed by atoms with Crippen molar-refractivity contribution in [2.45, 2.75) is 64.1 Å². The van der Waals surface area contributed by atoms with Crippen LogP contribution in [0.1, 0.15) is 58.4 Å². The largest absolute Gasteiger partial charge is 0.443 e. The second-order valence-electron chi connectivity index (χ2n) is 7.50. The number of aromatic nitrogens is 1. The fraction of sp³-hybridized carbons (Fsp3) is 0.526. The third kappa shape index (κ3) is 3.13. The van der Waals surface area contributed by atoms with E-state index in [-0.39, 0.29) is 0 Å². The first-order chi connectivity index (χ1) is 10.8. The van der Waals surface area contributed by atoms with E-state index >= 15 is 0 Å². The van der Waals surface area contributed by atoms with E-state index in [9.17, 15) is 9.90 Å². The lowest BCUT2D eigenvalue weighted by atomic mass is 9.79. The third-order valence-corrected chi connectivity index (χ3v) is 4.48. The molecule has 1 aliphatic rings. The fourth-order valence-electron chi connectivity index (χ4n) is 3.42. The maximum atomic E-state index is 12.5. The molecule has 1 fully saturated rings. The fourth-order valence-corrected chi connectivity index (χ4v) is 3.42. The quantitative estimate of drug-likeness (QED) is 0.838. The summed E-state index contributed by atoms with van der Waals surface area (Å²) in [6.07, 6.45) is 6.05. The molecule has 4 nitrogen and oxygen atoms in total. The first-order valence-corrected chi connectivity index (χ1v) is 8.36. The molecule has 3 rings (SSSR count). The Balaban J connectivity index is 2.08. The molecule has 1 heterocycles. The van der Waals surface area contributed by atoms with Gasteiger partial charge in [-0.1, -0.05) is 37.5 Å². The van der Waals surface area contributed by atoms with E-state index in [0.717, 1.165) is 48.6 Å². The molecule has 1 aromatic carbocycles. The van der Waals surface area contributed by atoms with Gasteiger partial charge >= 0.3 is 6.09 Å². The lowest BCUT2D eigenvalue weighted by molar-refractivity contribution is 0.000563. The molecule has 0 amide bonds. The number of rotatable bonds is 1. The molecule has 4 heteroatoms. The summed E-state index contributed by atoms with van der Waals surface area (Å²) in [4.78, 5) is 12.5. The van der Waals surface area contributed by atoms with E-state index in [1.54, 1.807) is 6.20 Å². The summed E-state index contributed by atoms with van der Waals surface area (Å²) >= 11 is 0. The van der Waals surface area contributed by atoms with Gasteiger partial charge < -0.3 is 9.84 Å². The minimum atomic E-state index is -0.842. The summed E-state index contributed by atoms with van der Waals surface area (Å²) in [5, 5.41) is 12.0. The van der Waals surface area contributed by atoms with Crippen LogP contribution in [-0.2, 0) is 10.3 Å². The zero-order valence-corrected chi connectivity index (χ0v) is 14.1. The second-order valence-corrected chi connectivity index (χ2v) is 7.50. The van der Waals surface area contributed by atoms with Gasteiger partial charge in [-0.3, -0.25) is 4.57 Å². The maximum absolute atomic E-state index is 12.5. The number of ether oxygens (including phenoxy) is 1. The SMILES string of the molecule is CC(C)(C)OC(=O)n1cc(C2(O)CCCCC2)c2ccccc21. The lowest BCUT2D eigenvalue weighted by Gasteiger charge is -2.32. The normalized spacial score (nSPS) is 18.1. The van der Waals surface area contributed by atoms with Gasteiger partial charge in [0.1, 0.15) is 5.60 Å². The second kappa shape index (κ2) is 5.68. The summed E-state index contributed by atoms with van der Waals surface area (Å²) in [6, 6.07) is 7.71. The Bertz CT molecular complexity index is 718. The molecule has 124 valence electrons.